The van der Waals surface area contributed by atoms with Crippen LogP contribution in [0.5, 0.6) is 0 Å². The molecular weight excluding hydrogens is 284 g/mol. The fraction of sp³-hybridized carbons (Fsp3) is 0.267. The Labute approximate surface area is 127 Å². The Morgan fingerprint density at radius 3 is 2.73 bits per heavy atom. The molecule has 0 aliphatic carbocycles. The predicted octanol–water partition coefficient (Wildman–Crippen LogP) is 0.631. The maximum absolute atomic E-state index is 11.9. The normalized spacial score (nSPS) is 10.3. The summed E-state index contributed by atoms with van der Waals surface area (Å²) in [6.07, 6.45) is 1.51. The zero-order chi connectivity index (χ0) is 16.1. The van der Waals surface area contributed by atoms with E-state index in [-0.39, 0.29) is 18.9 Å². The molecule has 116 valence electrons. The van der Waals surface area contributed by atoms with E-state index in [4.69, 9.17) is 0 Å². The number of carbonyl (C=O) groups is 1. The Balaban J connectivity index is 1.97. The fourth-order valence-electron chi connectivity index (χ4n) is 1.93. The van der Waals surface area contributed by atoms with Crippen LogP contribution in [0.1, 0.15) is 6.42 Å². The van der Waals surface area contributed by atoms with E-state index in [0.29, 0.717) is 5.69 Å². The summed E-state index contributed by atoms with van der Waals surface area (Å²) >= 11 is 0. The van der Waals surface area contributed by atoms with Crippen molar-refractivity contribution in [1.29, 1.82) is 0 Å². The second-order valence-electron chi connectivity index (χ2n) is 5.05. The highest BCUT2D eigenvalue weighted by atomic mass is 16.2. The minimum atomic E-state index is -0.519. The molecular formula is C15H18N4O3. The summed E-state index contributed by atoms with van der Waals surface area (Å²) in [6, 6.07) is 8.72. The number of amides is 1. The summed E-state index contributed by atoms with van der Waals surface area (Å²) in [5.41, 5.74) is 0.709. The number of H-pyrrole nitrogens is 1. The molecule has 1 amide bonds. The number of carbonyl (C=O) groups excluding carboxylic acids is 1. The lowest BCUT2D eigenvalue weighted by Crippen LogP contribution is -2.29. The number of aromatic nitrogens is 2. The molecule has 0 aliphatic rings. The van der Waals surface area contributed by atoms with E-state index in [9.17, 15) is 14.4 Å². The molecule has 1 aromatic carbocycles. The lowest BCUT2D eigenvalue weighted by molar-refractivity contribution is -0.116. The second-order valence-corrected chi connectivity index (χ2v) is 5.05. The topological polar surface area (TPSA) is 87.2 Å². The van der Waals surface area contributed by atoms with Gasteiger partial charge in [0.15, 0.2) is 0 Å². The van der Waals surface area contributed by atoms with E-state index in [1.807, 2.05) is 37.2 Å². The van der Waals surface area contributed by atoms with Crippen LogP contribution in [0, 0.1) is 0 Å². The molecule has 0 spiro atoms. The minimum absolute atomic E-state index is 0.137. The van der Waals surface area contributed by atoms with E-state index in [0.717, 1.165) is 5.69 Å². The van der Waals surface area contributed by atoms with Crippen molar-refractivity contribution >= 4 is 17.3 Å². The summed E-state index contributed by atoms with van der Waals surface area (Å²) in [4.78, 5) is 38.5. The molecule has 0 radical (unpaired) electrons. The summed E-state index contributed by atoms with van der Waals surface area (Å²) in [5.74, 6) is -0.200. The number of nitrogens with zero attached hydrogens (tertiary/aromatic N) is 2. The maximum Gasteiger partial charge on any atom is 0.328 e. The number of nitrogens with one attached hydrogen (secondary N) is 2. The number of anilines is 2. The van der Waals surface area contributed by atoms with Crippen LogP contribution in [0.3, 0.4) is 0 Å². The van der Waals surface area contributed by atoms with Gasteiger partial charge in [0.2, 0.25) is 5.91 Å². The maximum atomic E-state index is 11.9. The Bertz CT molecular complexity index is 777. The highest BCUT2D eigenvalue weighted by Crippen LogP contribution is 2.17. The van der Waals surface area contributed by atoms with Gasteiger partial charge in [-0.3, -0.25) is 14.6 Å². The smallest absolute Gasteiger partial charge is 0.328 e. The van der Waals surface area contributed by atoms with Crippen molar-refractivity contribution in [2.45, 2.75) is 13.0 Å². The van der Waals surface area contributed by atoms with Crippen LogP contribution in [0.2, 0.25) is 0 Å². The predicted molar refractivity (Wildman–Crippen MR) is 85.3 cm³/mol. The van der Waals surface area contributed by atoms with Crippen molar-refractivity contribution in [3.63, 3.8) is 0 Å². The summed E-state index contributed by atoms with van der Waals surface area (Å²) in [7, 11) is 3.84. The van der Waals surface area contributed by atoms with Crippen molar-refractivity contribution in [3.8, 4) is 0 Å². The Kier molecular flexibility index (Phi) is 4.77. The largest absolute Gasteiger partial charge is 0.378 e. The number of hydrogen-bond acceptors (Lipinski definition) is 4. The minimum Gasteiger partial charge on any atom is -0.378 e. The van der Waals surface area contributed by atoms with E-state index in [2.05, 4.69) is 10.3 Å². The molecule has 22 heavy (non-hydrogen) atoms. The van der Waals surface area contributed by atoms with Gasteiger partial charge >= 0.3 is 5.69 Å². The molecule has 0 saturated heterocycles. The van der Waals surface area contributed by atoms with Crippen LogP contribution in [0.25, 0.3) is 0 Å². The van der Waals surface area contributed by atoms with Gasteiger partial charge in [-0.15, -0.1) is 0 Å². The number of aryl methyl sites for hydroxylation is 1. The third kappa shape index (κ3) is 4.08. The average Bonchev–Trinajstić information content (AvgIpc) is 2.46. The van der Waals surface area contributed by atoms with Crippen LogP contribution >= 0.6 is 0 Å². The first kappa shape index (κ1) is 15.6. The molecule has 0 fully saturated rings. The molecule has 7 heteroatoms. The molecule has 7 nitrogen and oxygen atoms in total. The first-order valence-corrected chi connectivity index (χ1v) is 6.83. The third-order valence-corrected chi connectivity index (χ3v) is 3.12. The second kappa shape index (κ2) is 6.75. The van der Waals surface area contributed by atoms with Crippen LogP contribution < -0.4 is 21.5 Å². The number of hydrogen-bond donors (Lipinski definition) is 2. The van der Waals surface area contributed by atoms with Crippen molar-refractivity contribution in [3.05, 3.63) is 57.4 Å². The van der Waals surface area contributed by atoms with Crippen molar-refractivity contribution in [2.24, 2.45) is 0 Å². The molecule has 0 bridgehead atoms. The van der Waals surface area contributed by atoms with Gasteiger partial charge < -0.3 is 14.8 Å². The Morgan fingerprint density at radius 1 is 1.27 bits per heavy atom. The van der Waals surface area contributed by atoms with Gasteiger partial charge in [0.1, 0.15) is 0 Å². The molecule has 2 rings (SSSR count). The lowest BCUT2D eigenvalue weighted by atomic mass is 10.2. The molecule has 1 aromatic heterocycles. The highest BCUT2D eigenvalue weighted by Gasteiger charge is 2.05. The van der Waals surface area contributed by atoms with E-state index < -0.39 is 11.2 Å². The SMILES string of the molecule is CN(C)c1cccc(NC(=O)CCn2ccc(=O)[nH]c2=O)c1. The van der Waals surface area contributed by atoms with Crippen LogP contribution in [-0.4, -0.2) is 29.6 Å². The number of aromatic amines is 1. The summed E-state index contributed by atoms with van der Waals surface area (Å²) in [5, 5.41) is 2.79. The standard InChI is InChI=1S/C15H18N4O3/c1-18(2)12-5-3-4-11(10-12)16-13(20)6-8-19-9-7-14(21)17-15(19)22/h3-5,7,9-10H,6,8H2,1-2H3,(H,16,20)(H,17,21,22). The van der Waals surface area contributed by atoms with Crippen molar-refractivity contribution < 1.29 is 4.79 Å². The highest BCUT2D eigenvalue weighted by molar-refractivity contribution is 5.91. The lowest BCUT2D eigenvalue weighted by Gasteiger charge is -2.14. The van der Waals surface area contributed by atoms with E-state index >= 15 is 0 Å². The van der Waals surface area contributed by atoms with Gasteiger partial charge in [-0.1, -0.05) is 6.07 Å². The van der Waals surface area contributed by atoms with Gasteiger partial charge in [0.05, 0.1) is 0 Å². The number of benzene rings is 1. The Morgan fingerprint density at radius 2 is 2.05 bits per heavy atom. The zero-order valence-electron chi connectivity index (χ0n) is 12.5. The fourth-order valence-corrected chi connectivity index (χ4v) is 1.93. The molecule has 0 unspecified atom stereocenters. The van der Waals surface area contributed by atoms with E-state index in [1.165, 1.54) is 16.8 Å². The quantitative estimate of drug-likeness (QED) is 0.848. The van der Waals surface area contributed by atoms with E-state index in [1.54, 1.807) is 6.07 Å². The van der Waals surface area contributed by atoms with Crippen molar-refractivity contribution in [2.75, 3.05) is 24.3 Å². The molecule has 2 aromatic rings. The first-order chi connectivity index (χ1) is 10.5. The summed E-state index contributed by atoms with van der Waals surface area (Å²) < 4.78 is 1.29. The molecule has 0 aliphatic heterocycles. The van der Waals surface area contributed by atoms with Gasteiger partial charge in [0.25, 0.3) is 5.56 Å². The van der Waals surface area contributed by atoms with Crippen molar-refractivity contribution in [1.82, 2.24) is 9.55 Å². The zero-order valence-corrected chi connectivity index (χ0v) is 12.5. The molecule has 2 N–H and O–H groups in total. The average molecular weight is 302 g/mol. The first-order valence-electron chi connectivity index (χ1n) is 6.83. The van der Waals surface area contributed by atoms with Gasteiger partial charge in [-0.2, -0.15) is 0 Å². The molecule has 1 heterocycles. The monoisotopic (exact) mass is 302 g/mol. The number of rotatable bonds is 5. The Hall–Kier alpha value is -2.83. The summed E-state index contributed by atoms with van der Waals surface area (Å²) in [6.45, 7) is 0.203. The van der Waals surface area contributed by atoms with Gasteiger partial charge in [0, 0.05) is 50.7 Å². The van der Waals surface area contributed by atoms with Gasteiger partial charge in [-0.25, -0.2) is 4.79 Å². The van der Waals surface area contributed by atoms with Crippen LogP contribution in [0.15, 0.2) is 46.1 Å². The van der Waals surface area contributed by atoms with Crippen LogP contribution in [-0.2, 0) is 11.3 Å². The third-order valence-electron chi connectivity index (χ3n) is 3.12. The van der Waals surface area contributed by atoms with Gasteiger partial charge in [-0.05, 0) is 18.2 Å². The molecule has 0 saturated carbocycles. The van der Waals surface area contributed by atoms with Crippen LogP contribution in [0.4, 0.5) is 11.4 Å². The molecule has 0 atom stereocenters.